The first-order valence-electron chi connectivity index (χ1n) is 15.6. The predicted octanol–water partition coefficient (Wildman–Crippen LogP) is -0.953. The normalized spacial score (nSPS) is 27.5. The maximum atomic E-state index is 13.7. The highest BCUT2D eigenvalue weighted by Crippen LogP contribution is 2.65. The van der Waals surface area contributed by atoms with Gasteiger partial charge in [-0.05, 0) is 64.4 Å². The van der Waals surface area contributed by atoms with E-state index in [0.717, 1.165) is 30.5 Å². The number of hydrogen-bond acceptors (Lipinski definition) is 12. The first-order chi connectivity index (χ1) is 22.5. The molecule has 2 bridgehead atoms. The van der Waals surface area contributed by atoms with Gasteiger partial charge >= 0.3 is 23.9 Å². The van der Waals surface area contributed by atoms with Crippen molar-refractivity contribution in [3.8, 4) is 5.75 Å². The van der Waals surface area contributed by atoms with E-state index in [4.69, 9.17) is 14.2 Å². The van der Waals surface area contributed by atoms with Gasteiger partial charge in [-0.15, -0.1) is 0 Å². The van der Waals surface area contributed by atoms with E-state index in [1.807, 2.05) is 31.0 Å². The molecule has 48 heavy (non-hydrogen) atoms. The van der Waals surface area contributed by atoms with E-state index in [-0.39, 0.29) is 12.2 Å². The van der Waals surface area contributed by atoms with Gasteiger partial charge < -0.3 is 45.3 Å². The van der Waals surface area contributed by atoms with Crippen LogP contribution < -0.4 is 15.4 Å². The number of rotatable bonds is 12. The average molecular weight is 674 g/mol. The number of esters is 2. The second-order valence-electron chi connectivity index (χ2n) is 12.9. The summed E-state index contributed by atoms with van der Waals surface area (Å²) in [6, 6.07) is 0.0895. The van der Waals surface area contributed by atoms with Crippen molar-refractivity contribution in [3.05, 3.63) is 40.7 Å². The number of benzene rings is 1. The number of aliphatic hydroxyl groups is 2. The number of nitrogens with one attached hydrogen (secondary N) is 2. The highest BCUT2D eigenvalue weighted by atomic mass is 16.6. The molecule has 1 saturated heterocycles. The van der Waals surface area contributed by atoms with E-state index in [1.54, 1.807) is 6.08 Å². The van der Waals surface area contributed by atoms with E-state index in [2.05, 4.69) is 10.6 Å². The topological polar surface area (TPSA) is 238 Å². The first-order valence-corrected chi connectivity index (χ1v) is 15.6. The monoisotopic (exact) mass is 673 g/mol. The van der Waals surface area contributed by atoms with Crippen molar-refractivity contribution < 1.29 is 63.4 Å². The van der Waals surface area contributed by atoms with Gasteiger partial charge in [-0.2, -0.15) is 0 Å². The van der Waals surface area contributed by atoms with Crippen LogP contribution in [0.1, 0.15) is 56.2 Å². The zero-order valence-electron chi connectivity index (χ0n) is 26.8. The highest BCUT2D eigenvalue weighted by Gasteiger charge is 2.74. The number of piperidine rings is 1. The van der Waals surface area contributed by atoms with Gasteiger partial charge in [0.2, 0.25) is 11.8 Å². The summed E-state index contributed by atoms with van der Waals surface area (Å²) in [7, 11) is 1.88. The molecule has 8 atom stereocenters. The van der Waals surface area contributed by atoms with E-state index in [0.29, 0.717) is 25.1 Å². The molecule has 16 nitrogen and oxygen atoms in total. The lowest BCUT2D eigenvalue weighted by Gasteiger charge is -2.62. The number of amides is 2. The van der Waals surface area contributed by atoms with Crippen LogP contribution in [0, 0.1) is 6.92 Å². The molecule has 4 aliphatic rings. The predicted molar refractivity (Wildman–Crippen MR) is 161 cm³/mol. The van der Waals surface area contributed by atoms with Gasteiger partial charge in [0.25, 0.3) is 0 Å². The number of carbonyl (C=O) groups is 6. The minimum absolute atomic E-state index is 0.0158. The van der Waals surface area contributed by atoms with Crippen LogP contribution in [0.5, 0.6) is 5.75 Å². The largest absolute Gasteiger partial charge is 0.481 e. The number of aliphatic carboxylic acids is 2. The Bertz CT molecular complexity index is 1590. The zero-order valence-corrected chi connectivity index (χ0v) is 26.8. The third-order valence-corrected chi connectivity index (χ3v) is 9.79. The van der Waals surface area contributed by atoms with Gasteiger partial charge in [0.05, 0.1) is 24.3 Å². The molecule has 1 fully saturated rings. The molecular formula is C32H39N3O13. The van der Waals surface area contributed by atoms with Gasteiger partial charge in [0.15, 0.2) is 6.10 Å². The number of nitrogens with zero attached hydrogens (tertiary/aromatic N) is 1. The lowest BCUT2D eigenvalue weighted by Crippen LogP contribution is -2.75. The quantitative estimate of drug-likeness (QED) is 0.147. The average Bonchev–Trinajstić information content (AvgIpc) is 3.36. The van der Waals surface area contributed by atoms with Gasteiger partial charge in [0.1, 0.15) is 41.4 Å². The molecule has 2 aliphatic carbocycles. The summed E-state index contributed by atoms with van der Waals surface area (Å²) in [6.07, 6.45) is -3.13. The molecular weight excluding hydrogens is 634 g/mol. The second-order valence-corrected chi connectivity index (χ2v) is 12.9. The lowest BCUT2D eigenvalue weighted by molar-refractivity contribution is -0.207. The first kappa shape index (κ1) is 34.8. The number of carboxylic acid groups (broad SMARTS) is 2. The number of aryl methyl sites for hydroxylation is 1. The van der Waals surface area contributed by atoms with Crippen LogP contribution in [0.25, 0.3) is 0 Å². The minimum atomic E-state index is -1.68. The molecule has 2 amide bonds. The molecule has 0 radical (unpaired) electrons. The fraction of sp³-hybridized carbons (Fsp3) is 0.562. The van der Waals surface area contributed by atoms with E-state index in [9.17, 15) is 49.2 Å². The fourth-order valence-corrected chi connectivity index (χ4v) is 7.49. The third kappa shape index (κ3) is 5.77. The van der Waals surface area contributed by atoms with Crippen molar-refractivity contribution >= 4 is 35.7 Å². The highest BCUT2D eigenvalue weighted by molar-refractivity contribution is 5.90. The van der Waals surface area contributed by atoms with Crippen LogP contribution in [0.3, 0.4) is 0 Å². The van der Waals surface area contributed by atoms with Crippen LogP contribution in [-0.4, -0.2) is 117 Å². The summed E-state index contributed by atoms with van der Waals surface area (Å²) in [4.78, 5) is 76.7. The van der Waals surface area contributed by atoms with E-state index in [1.165, 1.54) is 0 Å². The Labute approximate surface area is 275 Å². The molecule has 1 aromatic carbocycles. The van der Waals surface area contributed by atoms with Crippen LogP contribution in [0.2, 0.25) is 0 Å². The molecule has 2 heterocycles. The van der Waals surface area contributed by atoms with Crippen molar-refractivity contribution in [3.63, 3.8) is 0 Å². The van der Waals surface area contributed by atoms with Crippen molar-refractivity contribution in [2.45, 2.75) is 100 Å². The molecule has 1 spiro atoms. The molecule has 6 N–H and O–H groups in total. The Morgan fingerprint density at radius 2 is 1.56 bits per heavy atom. The van der Waals surface area contributed by atoms with Gasteiger partial charge in [-0.1, -0.05) is 12.1 Å². The number of carbonyl (C=O) groups excluding carboxylic acids is 4. The van der Waals surface area contributed by atoms with Crippen LogP contribution in [0.15, 0.2) is 24.0 Å². The summed E-state index contributed by atoms with van der Waals surface area (Å²) < 4.78 is 18.7. The Morgan fingerprint density at radius 3 is 2.12 bits per heavy atom. The molecule has 2 aliphatic heterocycles. The summed E-state index contributed by atoms with van der Waals surface area (Å²) in [6.45, 7) is 4.69. The van der Waals surface area contributed by atoms with Gasteiger partial charge in [-0.25, -0.2) is 9.59 Å². The Balaban J connectivity index is 1.51. The van der Waals surface area contributed by atoms with E-state index >= 15 is 0 Å². The number of ether oxygens (including phenoxy) is 3. The van der Waals surface area contributed by atoms with Crippen LogP contribution in [-0.2, 0) is 50.1 Å². The standard InChI is InChI=1S/C32H39N3O13/c1-14-5-6-17-11-21-32(48-23(39)13-19(30(44)45)34-28(41)16(3)37)8-7-20(26-31(32,9-10-35(21)4)24(17)25(14)47-26)46-22(38)12-18(29(42)43)33-27(40)15(2)36/h5-7,15-16,18-19,21,26,36-37H,8-13H2,1-4H3,(H,33,40)(H,34,41)(H,42,43)(H,44,45)/t15-,16-,18-,19-,21+,26-,31-,32+/m0/s1. The van der Waals surface area contributed by atoms with Gasteiger partial charge in [-0.3, -0.25) is 24.1 Å². The Hall–Kier alpha value is -4.54. The fourth-order valence-electron chi connectivity index (χ4n) is 7.49. The third-order valence-electron chi connectivity index (χ3n) is 9.79. The van der Waals surface area contributed by atoms with Crippen LogP contribution >= 0.6 is 0 Å². The van der Waals surface area contributed by atoms with Gasteiger partial charge in [0, 0.05) is 12.0 Å². The number of hydrogen-bond donors (Lipinski definition) is 6. The van der Waals surface area contributed by atoms with Crippen molar-refractivity contribution in [2.24, 2.45) is 0 Å². The molecule has 5 rings (SSSR count). The molecule has 260 valence electrons. The number of likely N-dealkylation sites (N-methyl/N-ethyl adjacent to an activating group) is 1. The SMILES string of the molecule is Cc1ccc2c3c1O[C@H]1C(OC(=O)C[C@H](NC(=O)[C@H](C)O)C(=O)O)=CC[C@@]4(OC(=O)C[C@H](NC(=O)[C@H](C)O)C(=O)O)[C@@H](C2)N(C)CC[C@]314. The maximum Gasteiger partial charge on any atom is 0.326 e. The minimum Gasteiger partial charge on any atom is -0.481 e. The smallest absolute Gasteiger partial charge is 0.326 e. The molecule has 0 aromatic heterocycles. The second kappa shape index (κ2) is 12.8. The number of likely N-dealkylation sites (tertiary alicyclic amines) is 1. The summed E-state index contributed by atoms with van der Waals surface area (Å²) in [5.41, 5.74) is 0.0623. The molecule has 16 heteroatoms. The van der Waals surface area contributed by atoms with E-state index < -0.39 is 96.0 Å². The summed E-state index contributed by atoms with van der Waals surface area (Å²) in [5, 5.41) is 42.6. The summed E-state index contributed by atoms with van der Waals surface area (Å²) >= 11 is 0. The van der Waals surface area contributed by atoms with Crippen molar-refractivity contribution in [2.75, 3.05) is 13.6 Å². The molecule has 1 aromatic rings. The maximum absolute atomic E-state index is 13.7. The number of aliphatic hydroxyl groups excluding tert-OH is 2. The van der Waals surface area contributed by atoms with Crippen LogP contribution in [0.4, 0.5) is 0 Å². The zero-order chi connectivity index (χ0) is 35.3. The number of carboxylic acids is 2. The molecule has 0 saturated carbocycles. The van der Waals surface area contributed by atoms with Crippen molar-refractivity contribution in [1.29, 1.82) is 0 Å². The molecule has 0 unspecified atom stereocenters. The van der Waals surface area contributed by atoms with Crippen molar-refractivity contribution in [1.82, 2.24) is 15.5 Å². The Kier molecular flexibility index (Phi) is 9.29. The Morgan fingerprint density at radius 1 is 0.979 bits per heavy atom. The summed E-state index contributed by atoms with van der Waals surface area (Å²) in [5.74, 6) is -6.26. The lowest BCUT2D eigenvalue weighted by atomic mass is 9.50.